The topological polar surface area (TPSA) is 12.0 Å². The fourth-order valence-electron chi connectivity index (χ4n) is 2.99. The second kappa shape index (κ2) is 6.01. The molecule has 0 radical (unpaired) electrons. The summed E-state index contributed by atoms with van der Waals surface area (Å²) in [4.78, 5) is 1.70. The minimum atomic E-state index is 0.225. The Kier molecular flexibility index (Phi) is 4.63. The van der Waals surface area contributed by atoms with Crippen LogP contribution in [0.2, 0.25) is 0 Å². The van der Waals surface area contributed by atoms with Gasteiger partial charge in [0.05, 0.1) is 10.7 Å². The Morgan fingerprint density at radius 1 is 1.29 bits per heavy atom. The summed E-state index contributed by atoms with van der Waals surface area (Å²) >= 11 is 0. The summed E-state index contributed by atoms with van der Waals surface area (Å²) in [5, 5.41) is 2.39. The van der Waals surface area contributed by atoms with E-state index >= 15 is 0 Å². The normalized spacial score (nSPS) is 18.9. The first-order valence-corrected chi connectivity index (χ1v) is 8.33. The Morgan fingerprint density at radius 2 is 2.00 bits per heavy atom. The third-order valence-corrected chi connectivity index (χ3v) is 5.61. The van der Waals surface area contributed by atoms with Gasteiger partial charge in [0.2, 0.25) is 0 Å². The highest BCUT2D eigenvalue weighted by atomic mass is 32.2. The summed E-state index contributed by atoms with van der Waals surface area (Å²) in [5.41, 5.74) is 1.69. The average molecular weight is 252 g/mol. The third-order valence-electron chi connectivity index (χ3n) is 3.83. The summed E-state index contributed by atoms with van der Waals surface area (Å²) in [6.07, 6.45) is 8.42. The second-order valence-electron chi connectivity index (χ2n) is 5.66. The molecule has 0 saturated heterocycles. The Balaban J connectivity index is 2.22. The molecule has 1 aromatic rings. The SMILES string of the molecule is CN[s+]1ccc(C2CCCCC2)c1CC(C)C. The van der Waals surface area contributed by atoms with E-state index in [-0.39, 0.29) is 10.7 Å². The van der Waals surface area contributed by atoms with Crippen LogP contribution in [0.3, 0.4) is 0 Å². The lowest BCUT2D eigenvalue weighted by molar-refractivity contribution is 0.441. The molecule has 1 nitrogen and oxygen atoms in total. The highest BCUT2D eigenvalue weighted by Crippen LogP contribution is 2.40. The molecule has 17 heavy (non-hydrogen) atoms. The standard InChI is InChI=1S/C15H26NS/c1-12(2)11-15-14(9-10-17(15)16-3)13-7-5-4-6-8-13/h9-10,12-13,16H,4-8,11H2,1-3H3/q+1. The van der Waals surface area contributed by atoms with Gasteiger partial charge in [0, 0.05) is 25.1 Å². The molecular weight excluding hydrogens is 226 g/mol. The van der Waals surface area contributed by atoms with Gasteiger partial charge in [0.1, 0.15) is 0 Å². The predicted molar refractivity (Wildman–Crippen MR) is 78.6 cm³/mol. The van der Waals surface area contributed by atoms with E-state index in [4.69, 9.17) is 0 Å². The lowest BCUT2D eigenvalue weighted by Crippen LogP contribution is -2.07. The summed E-state index contributed by atoms with van der Waals surface area (Å²) in [6, 6.07) is 2.42. The van der Waals surface area contributed by atoms with Gasteiger partial charge < -0.3 is 0 Å². The zero-order valence-electron chi connectivity index (χ0n) is 11.5. The van der Waals surface area contributed by atoms with Crippen LogP contribution in [-0.2, 0) is 6.42 Å². The first-order chi connectivity index (χ1) is 8.22. The Labute approximate surface area is 109 Å². The Morgan fingerprint density at radius 3 is 2.59 bits per heavy atom. The van der Waals surface area contributed by atoms with Gasteiger partial charge in [0.15, 0.2) is 10.3 Å². The summed E-state index contributed by atoms with van der Waals surface area (Å²) < 4.78 is 3.47. The molecule has 1 N–H and O–H groups in total. The van der Waals surface area contributed by atoms with Crippen LogP contribution in [0, 0.1) is 5.92 Å². The van der Waals surface area contributed by atoms with Crippen LogP contribution >= 0.6 is 10.7 Å². The highest BCUT2D eigenvalue weighted by Gasteiger charge is 2.26. The Hall–Kier alpha value is -0.340. The monoisotopic (exact) mass is 252 g/mol. The highest BCUT2D eigenvalue weighted by molar-refractivity contribution is 7.31. The molecule has 1 saturated carbocycles. The molecule has 1 aromatic heterocycles. The zero-order valence-corrected chi connectivity index (χ0v) is 12.3. The van der Waals surface area contributed by atoms with Gasteiger partial charge >= 0.3 is 0 Å². The fraction of sp³-hybridized carbons (Fsp3) is 0.733. The van der Waals surface area contributed by atoms with Gasteiger partial charge in [0.25, 0.3) is 0 Å². The van der Waals surface area contributed by atoms with E-state index < -0.39 is 0 Å². The van der Waals surface area contributed by atoms with E-state index in [1.54, 1.807) is 10.4 Å². The number of thiophene rings is 1. The molecule has 1 aliphatic rings. The molecule has 0 aliphatic heterocycles. The smallest absolute Gasteiger partial charge is 0.121 e. The van der Waals surface area contributed by atoms with Crippen molar-refractivity contribution in [1.82, 2.24) is 0 Å². The molecule has 0 amide bonds. The van der Waals surface area contributed by atoms with Gasteiger partial charge in [-0.1, -0.05) is 33.1 Å². The van der Waals surface area contributed by atoms with E-state index in [0.717, 1.165) is 11.8 Å². The molecule has 1 unspecified atom stereocenters. The fourth-order valence-corrected chi connectivity index (χ4v) is 4.82. The van der Waals surface area contributed by atoms with Crippen molar-refractivity contribution in [3.05, 3.63) is 21.9 Å². The first-order valence-electron chi connectivity index (χ1n) is 7.04. The largest absolute Gasteiger partial charge is 0.175 e. The average Bonchev–Trinajstić information content (AvgIpc) is 2.72. The molecule has 1 heterocycles. The molecule has 2 heteroatoms. The van der Waals surface area contributed by atoms with Crippen molar-refractivity contribution in [3.8, 4) is 0 Å². The number of nitrogens with one attached hydrogen (secondary N) is 1. The lowest BCUT2D eigenvalue weighted by Gasteiger charge is -2.21. The molecule has 0 aromatic carbocycles. The van der Waals surface area contributed by atoms with Crippen LogP contribution < -0.4 is 4.72 Å². The lowest BCUT2D eigenvalue weighted by atomic mass is 9.83. The van der Waals surface area contributed by atoms with E-state index in [1.165, 1.54) is 38.5 Å². The predicted octanol–water partition coefficient (Wildman–Crippen LogP) is 4.86. The molecule has 2 rings (SSSR count). The first kappa shape index (κ1) is 13.1. The van der Waals surface area contributed by atoms with E-state index in [9.17, 15) is 0 Å². The summed E-state index contributed by atoms with van der Waals surface area (Å²) in [5.74, 6) is 1.63. The maximum absolute atomic E-state index is 3.47. The zero-order chi connectivity index (χ0) is 12.3. The van der Waals surface area contributed by atoms with Gasteiger partial charge in [-0.15, -0.1) is 4.72 Å². The van der Waals surface area contributed by atoms with Crippen LogP contribution in [0.25, 0.3) is 0 Å². The quantitative estimate of drug-likeness (QED) is 0.755. The van der Waals surface area contributed by atoms with Crippen LogP contribution in [0.15, 0.2) is 11.4 Å². The number of hydrogen-bond acceptors (Lipinski definition) is 1. The molecule has 96 valence electrons. The van der Waals surface area contributed by atoms with Crippen LogP contribution in [0.4, 0.5) is 0 Å². The molecule has 1 fully saturated rings. The summed E-state index contributed by atoms with van der Waals surface area (Å²) in [6.45, 7) is 4.67. The van der Waals surface area contributed by atoms with Crippen molar-refractivity contribution in [1.29, 1.82) is 0 Å². The second-order valence-corrected chi connectivity index (χ2v) is 7.50. The minimum absolute atomic E-state index is 0.225. The van der Waals surface area contributed by atoms with Crippen LogP contribution in [0.5, 0.6) is 0 Å². The molecular formula is C15H26NS+. The van der Waals surface area contributed by atoms with Crippen molar-refractivity contribution in [2.24, 2.45) is 5.92 Å². The van der Waals surface area contributed by atoms with Crippen molar-refractivity contribution in [2.45, 2.75) is 58.3 Å². The van der Waals surface area contributed by atoms with Crippen molar-refractivity contribution < 1.29 is 0 Å². The third kappa shape index (κ3) is 3.11. The van der Waals surface area contributed by atoms with E-state index in [0.29, 0.717) is 0 Å². The van der Waals surface area contributed by atoms with Gasteiger partial charge in [-0.3, -0.25) is 0 Å². The van der Waals surface area contributed by atoms with Crippen molar-refractivity contribution in [2.75, 3.05) is 11.8 Å². The van der Waals surface area contributed by atoms with E-state index in [1.807, 2.05) is 0 Å². The van der Waals surface area contributed by atoms with Crippen molar-refractivity contribution >= 4 is 10.7 Å². The van der Waals surface area contributed by atoms with Gasteiger partial charge in [-0.2, -0.15) is 0 Å². The number of rotatable bonds is 4. The maximum atomic E-state index is 3.47. The minimum Gasteiger partial charge on any atom is -0.121 e. The summed E-state index contributed by atoms with van der Waals surface area (Å²) in [7, 11) is 2.32. The molecule has 1 atom stereocenters. The van der Waals surface area contributed by atoms with Gasteiger partial charge in [-0.05, 0) is 24.7 Å². The van der Waals surface area contributed by atoms with Gasteiger partial charge in [-0.25, -0.2) is 0 Å². The van der Waals surface area contributed by atoms with Crippen LogP contribution in [0.1, 0.15) is 62.3 Å². The Bertz CT molecular complexity index is 348. The molecule has 1 aliphatic carbocycles. The maximum Gasteiger partial charge on any atom is 0.175 e. The molecule has 0 spiro atoms. The number of hydrogen-bond donors (Lipinski definition) is 1. The van der Waals surface area contributed by atoms with E-state index in [2.05, 4.69) is 37.1 Å². The molecule has 0 bridgehead atoms. The van der Waals surface area contributed by atoms with Crippen LogP contribution in [-0.4, -0.2) is 7.05 Å². The van der Waals surface area contributed by atoms with Crippen molar-refractivity contribution in [3.63, 3.8) is 0 Å².